The van der Waals surface area contributed by atoms with Crippen molar-refractivity contribution in [2.75, 3.05) is 0 Å². The molecule has 24 fully saturated rings. The zero-order valence-corrected chi connectivity index (χ0v) is 96.0. The monoisotopic (exact) mass is 2000 g/mol. The lowest BCUT2D eigenvalue weighted by Gasteiger charge is -2.61. The van der Waals surface area contributed by atoms with Crippen molar-refractivity contribution in [3.8, 4) is 0 Å². The van der Waals surface area contributed by atoms with E-state index in [2.05, 4.69) is 102 Å². The van der Waals surface area contributed by atoms with Gasteiger partial charge in [0.25, 0.3) is 0 Å². The van der Waals surface area contributed by atoms with E-state index in [1.807, 2.05) is 41.5 Å². The van der Waals surface area contributed by atoms with Crippen LogP contribution in [0.15, 0.2) is 24.8 Å². The lowest BCUT2D eigenvalue weighted by molar-refractivity contribution is -0.155. The van der Waals surface area contributed by atoms with Crippen molar-refractivity contribution in [1.29, 1.82) is 0 Å². The van der Waals surface area contributed by atoms with Crippen molar-refractivity contribution >= 4 is 34.7 Å². The number of carbonyl (C=O) groups excluding carboxylic acids is 6. The maximum atomic E-state index is 13.0. The average Bonchev–Trinajstić information content (AvgIpc) is 1.66. The fraction of sp³-hybridized carbons (Fsp3) is 0.925. The standard InChI is InChI=1S/C23H38O2.C23H36O2.3C22H36O2.C22H34O/c2*1-14(2)19-7-8-21-18-6-5-16-13-17(25)9-11-22(16,4)20(18)10-12-23(19,21)15(3)24;3*1-4-15-6-8-20-18-7-5-16-13-17(24)9-11-21(16,3)19(18)10-12-22(15,20)14(2)23;1-4-16-9-11-20-18-10-8-17-7-5-6-13-21(17,3)19(18)12-14-22(16,20)15(2)23/h14,16-21,25H,5-13H2,1-4H3;16-21,25H,1,5-13H2,2-4H3;3*15-20,24H,4-13H2,1-3H3;4,16-20H,1,5-14H2,2-3H3/t2*16-,17+,18+,19+,20-,21-,22-,23-;3*15-,16-,17+,18+,19-,20-,21-,22-;16-,17+,18+,19-,20-,21-,22-/m000000/s1. The minimum Gasteiger partial charge on any atom is -0.393 e. The van der Waals surface area contributed by atoms with Crippen LogP contribution in [-0.4, -0.2) is 90.8 Å². The van der Waals surface area contributed by atoms with Gasteiger partial charge in [-0.25, -0.2) is 0 Å². The van der Waals surface area contributed by atoms with Crippen molar-refractivity contribution in [2.24, 2.45) is 248 Å². The van der Waals surface area contributed by atoms with E-state index in [0.29, 0.717) is 156 Å². The molecule has 0 unspecified atom stereocenters. The maximum Gasteiger partial charge on any atom is 0.136 e. The number of allylic oxidation sites excluding steroid dienone is 2. The molecule has 24 aliphatic rings. The highest BCUT2D eigenvalue weighted by atomic mass is 16.3. The van der Waals surface area contributed by atoms with Crippen molar-refractivity contribution in [2.45, 2.75) is 528 Å². The molecule has 0 amide bonds. The van der Waals surface area contributed by atoms with E-state index >= 15 is 0 Å². The second kappa shape index (κ2) is 42.0. The highest BCUT2D eigenvalue weighted by Crippen LogP contribution is 2.77. The number of rotatable bonds is 12. The van der Waals surface area contributed by atoms with Crippen LogP contribution in [-0.2, 0) is 28.8 Å². The molecular formula is C134H216O11. The van der Waals surface area contributed by atoms with E-state index in [1.165, 1.54) is 275 Å². The lowest BCUT2D eigenvalue weighted by Crippen LogP contribution is -2.56. The zero-order chi connectivity index (χ0) is 104. The molecule has 0 radical (unpaired) electrons. The fourth-order valence-corrected chi connectivity index (χ4v) is 49.8. The Bertz CT molecular complexity index is 4420. The summed E-state index contributed by atoms with van der Waals surface area (Å²) >= 11 is 0. The van der Waals surface area contributed by atoms with Crippen molar-refractivity contribution in [3.63, 3.8) is 0 Å². The van der Waals surface area contributed by atoms with Crippen LogP contribution in [0.3, 0.4) is 0 Å². The minimum absolute atomic E-state index is 0.00723. The van der Waals surface area contributed by atoms with Crippen LogP contribution in [0.1, 0.15) is 497 Å². The van der Waals surface area contributed by atoms with Crippen LogP contribution >= 0.6 is 0 Å². The summed E-state index contributed by atoms with van der Waals surface area (Å²) in [5.74, 6) is 24.8. The van der Waals surface area contributed by atoms with E-state index < -0.39 is 0 Å². The summed E-state index contributed by atoms with van der Waals surface area (Å²) in [6, 6.07) is 0. The number of aliphatic hydroxyl groups excluding tert-OH is 5. The molecule has 0 aromatic heterocycles. The first-order chi connectivity index (χ1) is 68.9. The summed E-state index contributed by atoms with van der Waals surface area (Å²) in [6.45, 7) is 48.7. The van der Waals surface area contributed by atoms with Gasteiger partial charge in [-0.1, -0.05) is 126 Å². The number of aliphatic hydroxyl groups is 5. The summed E-state index contributed by atoms with van der Waals surface area (Å²) in [4.78, 5) is 77.1. The predicted octanol–water partition coefficient (Wildman–Crippen LogP) is 31.1. The van der Waals surface area contributed by atoms with Gasteiger partial charge in [0.1, 0.15) is 34.7 Å². The van der Waals surface area contributed by atoms with Crippen molar-refractivity contribution in [1.82, 2.24) is 0 Å². The van der Waals surface area contributed by atoms with Crippen LogP contribution < -0.4 is 0 Å². The quantitative estimate of drug-likeness (QED) is 0.116. The van der Waals surface area contributed by atoms with Crippen molar-refractivity contribution < 1.29 is 54.3 Å². The molecule has 0 spiro atoms. The first-order valence-electron chi connectivity index (χ1n) is 63.7. The number of ketones is 6. The van der Waals surface area contributed by atoms with Crippen LogP contribution in [0, 0.1) is 248 Å². The average molecular weight is 2000 g/mol. The van der Waals surface area contributed by atoms with E-state index in [-0.39, 0.29) is 63.0 Å². The Morgan fingerprint density at radius 3 is 0.800 bits per heavy atom. The Morgan fingerprint density at radius 1 is 0.262 bits per heavy atom. The van der Waals surface area contributed by atoms with E-state index in [4.69, 9.17) is 0 Å². The van der Waals surface area contributed by atoms with Gasteiger partial charge in [0.15, 0.2) is 0 Å². The molecule has 11 heteroatoms. The van der Waals surface area contributed by atoms with Gasteiger partial charge in [-0.05, 0) is 605 Å². The van der Waals surface area contributed by atoms with E-state index in [9.17, 15) is 54.3 Å². The molecule has 145 heavy (non-hydrogen) atoms. The Labute approximate surface area is 884 Å². The Kier molecular flexibility index (Phi) is 32.0. The molecule has 0 aliphatic heterocycles. The Balaban J connectivity index is 0.000000110. The van der Waals surface area contributed by atoms with Crippen LogP contribution in [0.4, 0.5) is 0 Å². The fourth-order valence-electron chi connectivity index (χ4n) is 49.8. The molecule has 0 saturated heterocycles. The third-order valence-corrected chi connectivity index (χ3v) is 56.6. The van der Waals surface area contributed by atoms with Gasteiger partial charge in [0.2, 0.25) is 0 Å². The SMILES string of the molecule is C=C(C)[C@H]1CC[C@H]2[C@@H]3CC[C@H]4C[C@H](O)CC[C@]4(C)[C@H]3CC[C@]12C(C)=O.C=C[C@H]1CC[C@H]2[C@@H]3CC[C@H]4CCCC[C@]4(C)[C@H]3CC[C@]12C(C)=O.CC(=O)[C@]12CC[C@H]3[C@@H](CC[C@H]4C[C@H](O)CC[C@@]43C)[C@@H]1CC[C@@H]2C(C)C.CC[C@H]1CC[C@H]2[C@@H]3CC[C@H]4C[C@H](O)CC[C@]4(C)[C@H]3CC[C@]12C(C)=O.CC[C@H]1CC[C@H]2[C@@H]3CC[C@H]4C[C@H](O)CC[C@]4(C)[C@H]3CC[C@]12C(C)=O.CC[C@H]1CC[C@H]2[C@@H]3CC[C@H]4C[C@H](O)CC[C@]4(C)[C@H]3CC[C@]12C(C)=O. The van der Waals surface area contributed by atoms with E-state index in [1.54, 1.807) is 0 Å². The Morgan fingerprint density at radius 2 is 0.510 bits per heavy atom. The predicted molar refractivity (Wildman–Crippen MR) is 587 cm³/mol. The maximum absolute atomic E-state index is 13.0. The molecule has 24 saturated carbocycles. The number of fused-ring (bicyclic) bond motifs is 30. The minimum atomic E-state index is -0.107. The topological polar surface area (TPSA) is 204 Å². The van der Waals surface area contributed by atoms with Crippen LogP contribution in [0.25, 0.3) is 0 Å². The first-order valence-corrected chi connectivity index (χ1v) is 63.7. The van der Waals surface area contributed by atoms with Gasteiger partial charge in [-0.2, -0.15) is 0 Å². The third kappa shape index (κ3) is 17.5. The van der Waals surface area contributed by atoms with Gasteiger partial charge < -0.3 is 25.5 Å². The first kappa shape index (κ1) is 111. The van der Waals surface area contributed by atoms with Gasteiger partial charge in [0, 0.05) is 32.5 Å². The van der Waals surface area contributed by atoms with Crippen molar-refractivity contribution in [3.05, 3.63) is 24.8 Å². The molecule has 0 aromatic rings. The molecule has 0 bridgehead atoms. The molecular weight excluding hydrogens is 1790 g/mol. The number of carbonyl (C=O) groups is 6. The van der Waals surface area contributed by atoms with E-state index in [0.717, 1.165) is 197 Å². The van der Waals surface area contributed by atoms with Gasteiger partial charge >= 0.3 is 0 Å². The van der Waals surface area contributed by atoms with Crippen LogP contribution in [0.5, 0.6) is 0 Å². The normalized spacial score (nSPS) is 53.0. The Hall–Kier alpha value is -2.70. The molecule has 818 valence electrons. The summed E-state index contributed by atoms with van der Waals surface area (Å²) in [6.07, 6.45) is 72.5. The zero-order valence-electron chi connectivity index (χ0n) is 96.0. The summed E-state index contributed by atoms with van der Waals surface area (Å²) in [5, 5.41) is 50.8. The summed E-state index contributed by atoms with van der Waals surface area (Å²) < 4.78 is 0. The lowest BCUT2D eigenvalue weighted by atomic mass is 9.43. The number of hydrogen-bond donors (Lipinski definition) is 5. The highest BCUT2D eigenvalue weighted by Gasteiger charge is 2.72. The second-order valence-corrected chi connectivity index (χ2v) is 60.0. The van der Waals surface area contributed by atoms with Gasteiger partial charge in [-0.15, -0.1) is 6.58 Å². The summed E-state index contributed by atoms with van der Waals surface area (Å²) in [7, 11) is 0. The molecule has 47 atom stereocenters. The van der Waals surface area contributed by atoms with Crippen LogP contribution in [0.2, 0.25) is 0 Å². The largest absolute Gasteiger partial charge is 0.393 e. The van der Waals surface area contributed by atoms with Gasteiger partial charge in [-0.3, -0.25) is 28.8 Å². The summed E-state index contributed by atoms with van der Waals surface area (Å²) in [5.41, 5.74) is 3.81. The molecule has 11 nitrogen and oxygen atoms in total. The molecule has 5 N–H and O–H groups in total. The molecule has 0 heterocycles. The smallest absolute Gasteiger partial charge is 0.136 e. The molecule has 0 aromatic carbocycles. The molecule has 24 rings (SSSR count). The number of hydrogen-bond acceptors (Lipinski definition) is 11. The molecule has 24 aliphatic carbocycles. The second-order valence-electron chi connectivity index (χ2n) is 60.0. The number of Topliss-reactive ketones (excluding diaryl/α,β-unsaturated/α-hetero) is 6. The highest BCUT2D eigenvalue weighted by molar-refractivity contribution is 5.87. The van der Waals surface area contributed by atoms with Gasteiger partial charge in [0.05, 0.1) is 30.5 Å². The third-order valence-electron chi connectivity index (χ3n) is 56.6.